The third-order valence-corrected chi connectivity index (χ3v) is 3.93. The van der Waals surface area contributed by atoms with Gasteiger partial charge in [0.15, 0.2) is 0 Å². The zero-order chi connectivity index (χ0) is 19.3. The minimum absolute atomic E-state index is 0.229. The Morgan fingerprint density at radius 2 is 1.78 bits per heavy atom. The summed E-state index contributed by atoms with van der Waals surface area (Å²) in [7, 11) is 0. The molecule has 0 radical (unpaired) electrons. The number of amides is 1. The zero-order valence-electron chi connectivity index (χ0n) is 16.1. The quantitative estimate of drug-likeness (QED) is 0.416. The molecule has 0 unspecified atom stereocenters. The first kappa shape index (κ1) is 20.6. The summed E-state index contributed by atoms with van der Waals surface area (Å²) in [6.07, 6.45) is 1.81. The van der Waals surface area contributed by atoms with Gasteiger partial charge in [-0.05, 0) is 44.4 Å². The molecule has 0 fully saturated rings. The van der Waals surface area contributed by atoms with Gasteiger partial charge >= 0.3 is 0 Å². The minimum atomic E-state index is -0.229. The molecule has 0 aliphatic carbocycles. The lowest BCUT2D eigenvalue weighted by Gasteiger charge is -2.11. The van der Waals surface area contributed by atoms with E-state index < -0.39 is 0 Å². The van der Waals surface area contributed by atoms with Crippen molar-refractivity contribution >= 4 is 11.9 Å². The second kappa shape index (κ2) is 11.9. The molecule has 0 spiro atoms. The largest absolute Gasteiger partial charge is 0.463 e. The number of benzene rings is 2. The Balaban J connectivity index is 1.90. The summed E-state index contributed by atoms with van der Waals surface area (Å²) in [6, 6.07) is 17.9. The van der Waals surface area contributed by atoms with Crippen LogP contribution in [0.15, 0.2) is 59.6 Å². The highest BCUT2D eigenvalue weighted by atomic mass is 16.5. The van der Waals surface area contributed by atoms with Crippen molar-refractivity contribution < 1.29 is 14.3 Å². The van der Waals surface area contributed by atoms with E-state index in [1.165, 1.54) is 5.56 Å². The highest BCUT2D eigenvalue weighted by Gasteiger charge is 2.10. The first-order valence-corrected chi connectivity index (χ1v) is 9.36. The van der Waals surface area contributed by atoms with Gasteiger partial charge in [0, 0.05) is 18.7 Å². The molecule has 2 aromatic carbocycles. The topological polar surface area (TPSA) is 59.9 Å². The summed E-state index contributed by atoms with van der Waals surface area (Å²) in [4.78, 5) is 16.8. The van der Waals surface area contributed by atoms with E-state index in [0.29, 0.717) is 31.9 Å². The molecule has 0 aliphatic rings. The number of nitrogens with zero attached hydrogens (tertiary/aromatic N) is 1. The van der Waals surface area contributed by atoms with Crippen LogP contribution in [0.5, 0.6) is 0 Å². The van der Waals surface area contributed by atoms with Crippen LogP contribution in [0.1, 0.15) is 34.8 Å². The lowest BCUT2D eigenvalue weighted by molar-refractivity contribution is 0.0922. The molecule has 0 heterocycles. The van der Waals surface area contributed by atoms with Gasteiger partial charge in [-0.3, -0.25) is 10.1 Å². The second-order valence-electron chi connectivity index (χ2n) is 6.14. The van der Waals surface area contributed by atoms with Gasteiger partial charge in [-0.2, -0.15) is 0 Å². The van der Waals surface area contributed by atoms with E-state index in [1.54, 1.807) is 12.1 Å². The Morgan fingerprint density at radius 3 is 2.48 bits per heavy atom. The van der Waals surface area contributed by atoms with E-state index in [1.807, 2.05) is 44.2 Å². The van der Waals surface area contributed by atoms with Crippen molar-refractivity contribution in [2.75, 3.05) is 26.4 Å². The smallest absolute Gasteiger partial charge is 0.291 e. The summed E-state index contributed by atoms with van der Waals surface area (Å²) < 4.78 is 10.9. The molecule has 1 N–H and O–H groups in total. The highest BCUT2D eigenvalue weighted by Crippen LogP contribution is 2.04. The zero-order valence-corrected chi connectivity index (χ0v) is 16.1. The van der Waals surface area contributed by atoms with Gasteiger partial charge in [0.25, 0.3) is 11.9 Å². The first-order chi connectivity index (χ1) is 13.2. The normalized spacial score (nSPS) is 11.3. The lowest BCUT2D eigenvalue weighted by Crippen LogP contribution is -2.33. The fourth-order valence-corrected chi connectivity index (χ4v) is 2.45. The number of carbonyl (C=O) groups is 1. The van der Waals surface area contributed by atoms with Gasteiger partial charge in [0.1, 0.15) is 6.61 Å². The fourth-order valence-electron chi connectivity index (χ4n) is 2.45. The van der Waals surface area contributed by atoms with Crippen molar-refractivity contribution in [3.8, 4) is 0 Å². The number of hydrogen-bond acceptors (Lipinski definition) is 4. The van der Waals surface area contributed by atoms with Crippen LogP contribution < -0.4 is 5.32 Å². The van der Waals surface area contributed by atoms with Gasteiger partial charge in [-0.15, -0.1) is 0 Å². The molecule has 144 valence electrons. The molecule has 2 aromatic rings. The summed E-state index contributed by atoms with van der Waals surface area (Å²) in [6.45, 7) is 5.92. The summed E-state index contributed by atoms with van der Waals surface area (Å²) in [5.74, 6) is -0.229. The van der Waals surface area contributed by atoms with Crippen LogP contribution in [-0.2, 0) is 15.9 Å². The van der Waals surface area contributed by atoms with Crippen molar-refractivity contribution in [1.82, 2.24) is 5.32 Å². The summed E-state index contributed by atoms with van der Waals surface area (Å²) in [5, 5.41) is 2.76. The number of hydrogen-bond donors (Lipinski definition) is 1. The fraction of sp³-hybridized carbons (Fsp3) is 0.364. The molecule has 0 saturated carbocycles. The van der Waals surface area contributed by atoms with Crippen LogP contribution in [0.25, 0.3) is 0 Å². The molecular weight excluding hydrogens is 340 g/mol. The molecule has 1 amide bonds. The van der Waals surface area contributed by atoms with Crippen molar-refractivity contribution in [3.05, 3.63) is 71.3 Å². The average molecular weight is 368 g/mol. The van der Waals surface area contributed by atoms with Gasteiger partial charge in [-0.25, -0.2) is 4.99 Å². The van der Waals surface area contributed by atoms with Crippen molar-refractivity contribution in [3.63, 3.8) is 0 Å². The molecule has 5 heteroatoms. The summed E-state index contributed by atoms with van der Waals surface area (Å²) >= 11 is 0. The van der Waals surface area contributed by atoms with Gasteiger partial charge in [-0.1, -0.05) is 48.0 Å². The average Bonchev–Trinajstić information content (AvgIpc) is 2.69. The molecule has 27 heavy (non-hydrogen) atoms. The predicted octanol–water partition coefficient (Wildman–Crippen LogP) is 3.77. The molecular formula is C22H28N2O3. The van der Waals surface area contributed by atoms with E-state index in [4.69, 9.17) is 9.47 Å². The third-order valence-electron chi connectivity index (χ3n) is 3.93. The Labute approximate surface area is 161 Å². The molecule has 0 bridgehead atoms. The second-order valence-corrected chi connectivity index (χ2v) is 6.14. The van der Waals surface area contributed by atoms with Crippen LogP contribution in [0, 0.1) is 6.92 Å². The first-order valence-electron chi connectivity index (χ1n) is 9.36. The molecule has 0 saturated heterocycles. The third kappa shape index (κ3) is 8.05. The SMILES string of the molecule is CCOCCOC(=NCCCc1ccccc1)NC(=O)c1ccc(C)cc1. The Kier molecular flexibility index (Phi) is 9.07. The van der Waals surface area contributed by atoms with Crippen LogP contribution in [-0.4, -0.2) is 38.3 Å². The summed E-state index contributed by atoms with van der Waals surface area (Å²) in [5.41, 5.74) is 2.95. The Bertz CT molecular complexity index is 712. The van der Waals surface area contributed by atoms with E-state index >= 15 is 0 Å². The van der Waals surface area contributed by atoms with Gasteiger partial charge in [0.05, 0.1) is 6.61 Å². The number of rotatable bonds is 9. The molecule has 0 atom stereocenters. The molecule has 2 rings (SSSR count). The number of nitrogens with one attached hydrogen (secondary N) is 1. The maximum Gasteiger partial charge on any atom is 0.291 e. The van der Waals surface area contributed by atoms with Crippen molar-refractivity contribution in [2.24, 2.45) is 4.99 Å². The van der Waals surface area contributed by atoms with Crippen molar-refractivity contribution in [2.45, 2.75) is 26.7 Å². The highest BCUT2D eigenvalue weighted by molar-refractivity contribution is 6.04. The molecule has 0 aliphatic heterocycles. The van der Waals surface area contributed by atoms with Crippen LogP contribution in [0.2, 0.25) is 0 Å². The minimum Gasteiger partial charge on any atom is -0.463 e. The van der Waals surface area contributed by atoms with Gasteiger partial charge in [0.2, 0.25) is 0 Å². The van der Waals surface area contributed by atoms with E-state index in [9.17, 15) is 4.79 Å². The predicted molar refractivity (Wildman–Crippen MR) is 108 cm³/mol. The maximum absolute atomic E-state index is 12.4. The van der Waals surface area contributed by atoms with Crippen LogP contribution in [0.4, 0.5) is 0 Å². The lowest BCUT2D eigenvalue weighted by atomic mass is 10.1. The number of amidine groups is 1. The van der Waals surface area contributed by atoms with Crippen LogP contribution >= 0.6 is 0 Å². The number of aryl methyl sites for hydroxylation is 2. The van der Waals surface area contributed by atoms with E-state index in [0.717, 1.165) is 18.4 Å². The maximum atomic E-state index is 12.4. The number of carbonyl (C=O) groups excluding carboxylic acids is 1. The molecule has 5 nitrogen and oxygen atoms in total. The number of aliphatic imine (C=N–C) groups is 1. The Morgan fingerprint density at radius 1 is 1.04 bits per heavy atom. The van der Waals surface area contributed by atoms with Gasteiger partial charge < -0.3 is 9.47 Å². The standard InChI is InChI=1S/C22H28N2O3/c1-3-26-16-17-27-22(23-15-7-10-19-8-5-4-6-9-19)24-21(25)20-13-11-18(2)12-14-20/h4-6,8-9,11-14H,3,7,10,15-17H2,1-2H3,(H,23,24,25). The molecule has 0 aromatic heterocycles. The number of ether oxygens (including phenoxy) is 2. The van der Waals surface area contributed by atoms with E-state index in [2.05, 4.69) is 22.4 Å². The van der Waals surface area contributed by atoms with Crippen LogP contribution in [0.3, 0.4) is 0 Å². The van der Waals surface area contributed by atoms with Crippen molar-refractivity contribution in [1.29, 1.82) is 0 Å². The monoisotopic (exact) mass is 368 g/mol. The Hall–Kier alpha value is -2.66. The van der Waals surface area contributed by atoms with E-state index in [-0.39, 0.29) is 11.9 Å².